The number of carbonyl (C=O) groups is 1. The third kappa shape index (κ3) is 4.49. The van der Waals surface area contributed by atoms with Gasteiger partial charge in [-0.25, -0.2) is 0 Å². The van der Waals surface area contributed by atoms with E-state index in [-0.39, 0.29) is 11.8 Å². The van der Waals surface area contributed by atoms with Crippen molar-refractivity contribution >= 4 is 5.91 Å². The molecule has 0 fully saturated rings. The van der Waals surface area contributed by atoms with Crippen molar-refractivity contribution in [2.45, 2.75) is 26.9 Å². The van der Waals surface area contributed by atoms with Crippen molar-refractivity contribution < 1.29 is 13.6 Å². The molecule has 0 aliphatic rings. The van der Waals surface area contributed by atoms with Gasteiger partial charge in [-0.1, -0.05) is 13.8 Å². The standard InChI is InChI=1S/C16H22N2O3/c1-3-17-10-13(2)16(19)18(11-14-6-4-8-20-14)12-15-7-5-9-21-15/h4-9,13,17H,3,10-12H2,1-2H3. The molecule has 114 valence electrons. The molecule has 2 heterocycles. The van der Waals surface area contributed by atoms with Crippen molar-refractivity contribution in [2.24, 2.45) is 5.92 Å². The lowest BCUT2D eigenvalue weighted by Gasteiger charge is -2.24. The fourth-order valence-electron chi connectivity index (χ4n) is 2.15. The summed E-state index contributed by atoms with van der Waals surface area (Å²) < 4.78 is 10.7. The summed E-state index contributed by atoms with van der Waals surface area (Å²) >= 11 is 0. The molecule has 5 heteroatoms. The van der Waals surface area contributed by atoms with Crippen molar-refractivity contribution in [2.75, 3.05) is 13.1 Å². The lowest BCUT2D eigenvalue weighted by atomic mass is 10.1. The number of carbonyl (C=O) groups excluding carboxylic acids is 1. The maximum Gasteiger partial charge on any atom is 0.227 e. The molecule has 1 atom stereocenters. The van der Waals surface area contributed by atoms with E-state index in [1.807, 2.05) is 38.1 Å². The summed E-state index contributed by atoms with van der Waals surface area (Å²) in [6.07, 6.45) is 3.24. The molecule has 0 aliphatic heterocycles. The Bertz CT molecular complexity index is 483. The second-order valence-corrected chi connectivity index (χ2v) is 5.06. The normalized spacial score (nSPS) is 12.3. The van der Waals surface area contributed by atoms with Crippen molar-refractivity contribution in [3.63, 3.8) is 0 Å². The van der Waals surface area contributed by atoms with Gasteiger partial charge in [0.25, 0.3) is 0 Å². The van der Waals surface area contributed by atoms with E-state index < -0.39 is 0 Å². The lowest BCUT2D eigenvalue weighted by Crippen LogP contribution is -2.38. The zero-order chi connectivity index (χ0) is 15.1. The molecule has 2 aromatic rings. The SMILES string of the molecule is CCNCC(C)C(=O)N(Cc1ccco1)Cc1ccco1. The van der Waals surface area contributed by atoms with Gasteiger partial charge in [0.05, 0.1) is 25.6 Å². The minimum atomic E-state index is -0.0881. The van der Waals surface area contributed by atoms with Crippen LogP contribution < -0.4 is 5.32 Å². The summed E-state index contributed by atoms with van der Waals surface area (Å²) in [5, 5.41) is 3.21. The van der Waals surface area contributed by atoms with Crippen molar-refractivity contribution in [1.82, 2.24) is 10.2 Å². The summed E-state index contributed by atoms with van der Waals surface area (Å²) in [5.74, 6) is 1.54. The number of amides is 1. The first-order valence-electron chi connectivity index (χ1n) is 7.25. The van der Waals surface area contributed by atoms with Crippen molar-refractivity contribution in [1.29, 1.82) is 0 Å². The van der Waals surface area contributed by atoms with E-state index in [9.17, 15) is 4.79 Å². The van der Waals surface area contributed by atoms with Crippen LogP contribution in [0.1, 0.15) is 25.4 Å². The predicted octanol–water partition coefficient (Wildman–Crippen LogP) is 2.65. The van der Waals surface area contributed by atoms with E-state index in [0.29, 0.717) is 19.6 Å². The van der Waals surface area contributed by atoms with Gasteiger partial charge in [0.15, 0.2) is 0 Å². The van der Waals surface area contributed by atoms with E-state index in [1.54, 1.807) is 17.4 Å². The largest absolute Gasteiger partial charge is 0.467 e. The van der Waals surface area contributed by atoms with Gasteiger partial charge in [0.2, 0.25) is 5.91 Å². The number of nitrogens with one attached hydrogen (secondary N) is 1. The number of nitrogens with zero attached hydrogens (tertiary/aromatic N) is 1. The van der Waals surface area contributed by atoms with Crippen LogP contribution in [0.15, 0.2) is 45.6 Å². The molecule has 2 aromatic heterocycles. The van der Waals surface area contributed by atoms with Gasteiger partial charge in [-0.15, -0.1) is 0 Å². The summed E-state index contributed by atoms with van der Waals surface area (Å²) in [7, 11) is 0. The van der Waals surface area contributed by atoms with Crippen LogP contribution in [-0.4, -0.2) is 23.9 Å². The highest BCUT2D eigenvalue weighted by atomic mass is 16.3. The Hall–Kier alpha value is -2.01. The van der Waals surface area contributed by atoms with Crippen LogP contribution in [0.4, 0.5) is 0 Å². The molecule has 0 radical (unpaired) electrons. The van der Waals surface area contributed by atoms with Gasteiger partial charge in [0, 0.05) is 12.5 Å². The summed E-state index contributed by atoms with van der Waals surface area (Å²) in [6.45, 7) is 6.38. The Morgan fingerprint density at radius 3 is 2.19 bits per heavy atom. The van der Waals surface area contributed by atoms with Crippen molar-refractivity contribution in [3.05, 3.63) is 48.3 Å². The second-order valence-electron chi connectivity index (χ2n) is 5.06. The highest BCUT2D eigenvalue weighted by Gasteiger charge is 2.22. The Labute approximate surface area is 124 Å². The van der Waals surface area contributed by atoms with Crippen LogP contribution in [0, 0.1) is 5.92 Å². The number of rotatable bonds is 8. The van der Waals surface area contributed by atoms with Gasteiger partial charge in [-0.2, -0.15) is 0 Å². The Morgan fingerprint density at radius 1 is 1.19 bits per heavy atom. The fourth-order valence-corrected chi connectivity index (χ4v) is 2.15. The minimum absolute atomic E-state index is 0.0868. The number of hydrogen-bond acceptors (Lipinski definition) is 4. The van der Waals surface area contributed by atoms with Crippen LogP contribution >= 0.6 is 0 Å². The monoisotopic (exact) mass is 290 g/mol. The molecule has 1 unspecified atom stereocenters. The van der Waals surface area contributed by atoms with E-state index in [4.69, 9.17) is 8.83 Å². The molecular formula is C16H22N2O3. The molecule has 0 saturated heterocycles. The molecule has 0 aromatic carbocycles. The van der Waals surface area contributed by atoms with Crippen LogP contribution in [-0.2, 0) is 17.9 Å². The van der Waals surface area contributed by atoms with Crippen molar-refractivity contribution in [3.8, 4) is 0 Å². The molecule has 0 spiro atoms. The number of hydrogen-bond donors (Lipinski definition) is 1. The Kier molecular flexibility index (Phi) is 5.63. The third-order valence-corrected chi connectivity index (χ3v) is 3.29. The van der Waals surface area contributed by atoms with Gasteiger partial charge in [-0.3, -0.25) is 4.79 Å². The van der Waals surface area contributed by atoms with Crippen LogP contribution in [0.3, 0.4) is 0 Å². The molecular weight excluding hydrogens is 268 g/mol. The summed E-state index contributed by atoms with van der Waals surface area (Å²) in [4.78, 5) is 14.4. The maximum absolute atomic E-state index is 12.6. The zero-order valence-electron chi connectivity index (χ0n) is 12.5. The van der Waals surface area contributed by atoms with Gasteiger partial charge in [-0.05, 0) is 30.8 Å². The first kappa shape index (κ1) is 15.4. The highest BCUT2D eigenvalue weighted by Crippen LogP contribution is 2.14. The van der Waals surface area contributed by atoms with Crippen LogP contribution in [0.25, 0.3) is 0 Å². The number of furan rings is 2. The molecule has 2 rings (SSSR count). The van der Waals surface area contributed by atoms with Gasteiger partial charge in [0.1, 0.15) is 11.5 Å². The van der Waals surface area contributed by atoms with E-state index >= 15 is 0 Å². The smallest absolute Gasteiger partial charge is 0.227 e. The lowest BCUT2D eigenvalue weighted by molar-refractivity contribution is -0.136. The zero-order valence-corrected chi connectivity index (χ0v) is 12.5. The molecule has 21 heavy (non-hydrogen) atoms. The second kappa shape index (κ2) is 7.69. The molecule has 5 nitrogen and oxygen atoms in total. The quantitative estimate of drug-likeness (QED) is 0.812. The van der Waals surface area contributed by atoms with Gasteiger partial charge >= 0.3 is 0 Å². The summed E-state index contributed by atoms with van der Waals surface area (Å²) in [5.41, 5.74) is 0. The maximum atomic E-state index is 12.6. The molecule has 0 aliphatic carbocycles. The van der Waals surface area contributed by atoms with Crippen LogP contribution in [0.2, 0.25) is 0 Å². The predicted molar refractivity (Wildman–Crippen MR) is 79.4 cm³/mol. The first-order valence-corrected chi connectivity index (χ1v) is 7.25. The molecule has 0 bridgehead atoms. The fraction of sp³-hybridized carbons (Fsp3) is 0.438. The average Bonchev–Trinajstić information content (AvgIpc) is 3.16. The molecule has 0 saturated carbocycles. The summed E-state index contributed by atoms with van der Waals surface area (Å²) in [6, 6.07) is 7.40. The topological polar surface area (TPSA) is 58.6 Å². The molecule has 1 N–H and O–H groups in total. The first-order chi connectivity index (χ1) is 10.2. The third-order valence-electron chi connectivity index (χ3n) is 3.29. The van der Waals surface area contributed by atoms with E-state index in [2.05, 4.69) is 5.32 Å². The highest BCUT2D eigenvalue weighted by molar-refractivity contribution is 5.78. The van der Waals surface area contributed by atoms with E-state index in [1.165, 1.54) is 0 Å². The Morgan fingerprint density at radius 2 is 1.76 bits per heavy atom. The molecule has 1 amide bonds. The minimum Gasteiger partial charge on any atom is -0.467 e. The van der Waals surface area contributed by atoms with Crippen LogP contribution in [0.5, 0.6) is 0 Å². The van der Waals surface area contributed by atoms with Gasteiger partial charge < -0.3 is 19.1 Å². The average molecular weight is 290 g/mol. The Balaban J connectivity index is 2.04. The van der Waals surface area contributed by atoms with E-state index in [0.717, 1.165) is 18.1 Å².